The molecule has 0 bridgehead atoms. The second-order valence-electron chi connectivity index (χ2n) is 2.02. The number of nitro groups is 1. The molecular weight excluding hydrogens is 150 g/mol. The summed E-state index contributed by atoms with van der Waals surface area (Å²) >= 11 is 0. The third-order valence-electron chi connectivity index (χ3n) is 1.28. The van der Waals surface area contributed by atoms with Gasteiger partial charge in [0.15, 0.2) is 0 Å². The molecule has 0 aliphatic heterocycles. The van der Waals surface area contributed by atoms with Crippen LogP contribution in [0.25, 0.3) is 0 Å². The predicted octanol–water partition coefficient (Wildman–Crippen LogP) is 0.549. The third-order valence-corrected chi connectivity index (χ3v) is 1.28. The fourth-order valence-electron chi connectivity index (χ4n) is 0.786. The number of hydrogen-bond donors (Lipinski definition) is 1. The van der Waals surface area contributed by atoms with Gasteiger partial charge in [-0.1, -0.05) is 0 Å². The molecule has 0 unspecified atom stereocenters. The number of hydrogen-bond acceptors (Lipinski definition) is 4. The van der Waals surface area contributed by atoms with E-state index >= 15 is 0 Å². The van der Waals surface area contributed by atoms with Crippen molar-refractivity contribution in [3.8, 4) is 0 Å². The molecule has 0 atom stereocenters. The van der Waals surface area contributed by atoms with E-state index in [1.807, 2.05) is 0 Å². The first-order valence-electron chi connectivity index (χ1n) is 3.02. The molecule has 5 heteroatoms. The minimum Gasteiger partial charge on any atom is -0.466 e. The van der Waals surface area contributed by atoms with Gasteiger partial charge in [0.25, 0.3) is 0 Å². The molecule has 60 valence electrons. The molecule has 11 heavy (non-hydrogen) atoms. The summed E-state index contributed by atoms with van der Waals surface area (Å²) in [4.78, 5) is 9.55. The van der Waals surface area contributed by atoms with Gasteiger partial charge in [-0.05, 0) is 6.07 Å². The molecule has 0 radical (unpaired) electrons. The van der Waals surface area contributed by atoms with Crippen molar-refractivity contribution in [3.63, 3.8) is 0 Å². The Morgan fingerprint density at radius 2 is 2.45 bits per heavy atom. The van der Waals surface area contributed by atoms with E-state index in [1.54, 1.807) is 0 Å². The second-order valence-corrected chi connectivity index (χ2v) is 2.02. The maximum absolute atomic E-state index is 10.0. The average Bonchev–Trinajstić information content (AvgIpc) is 2.34. The van der Waals surface area contributed by atoms with Crippen molar-refractivity contribution < 1.29 is 14.4 Å². The van der Waals surface area contributed by atoms with Crippen molar-refractivity contribution in [2.24, 2.45) is 0 Å². The van der Waals surface area contributed by atoms with Crippen LogP contribution in [-0.4, -0.2) is 10.0 Å². The lowest BCUT2D eigenvalue weighted by molar-refractivity contribution is -0.497. The molecule has 1 aromatic heterocycles. The maximum atomic E-state index is 10.0. The van der Waals surface area contributed by atoms with Gasteiger partial charge < -0.3 is 9.52 Å². The van der Waals surface area contributed by atoms with E-state index in [1.165, 1.54) is 12.3 Å². The Labute approximate surface area is 62.4 Å². The first kappa shape index (κ1) is 7.74. The van der Waals surface area contributed by atoms with Crippen molar-refractivity contribution in [2.45, 2.75) is 13.2 Å². The van der Waals surface area contributed by atoms with Crippen LogP contribution in [0.15, 0.2) is 16.7 Å². The summed E-state index contributed by atoms with van der Waals surface area (Å²) in [6.07, 6.45) is 1.32. The Balaban J connectivity index is 2.76. The first-order chi connectivity index (χ1) is 5.24. The zero-order valence-corrected chi connectivity index (χ0v) is 5.69. The Bertz CT molecular complexity index is 255. The van der Waals surface area contributed by atoms with Crippen LogP contribution in [0.5, 0.6) is 0 Å². The molecule has 5 nitrogen and oxygen atoms in total. The van der Waals surface area contributed by atoms with E-state index in [-0.39, 0.29) is 18.9 Å². The number of furan rings is 1. The molecule has 0 aliphatic carbocycles. The minimum atomic E-state index is -0.468. The van der Waals surface area contributed by atoms with Crippen LogP contribution in [0.4, 0.5) is 0 Å². The monoisotopic (exact) mass is 157 g/mol. The lowest BCUT2D eigenvalue weighted by atomic mass is 10.2. The van der Waals surface area contributed by atoms with Crippen molar-refractivity contribution in [1.29, 1.82) is 0 Å². The highest BCUT2D eigenvalue weighted by Gasteiger charge is 2.09. The highest BCUT2D eigenvalue weighted by atomic mass is 16.6. The number of aliphatic hydroxyl groups is 1. The molecule has 1 heterocycles. The lowest BCUT2D eigenvalue weighted by Crippen LogP contribution is -1.99. The van der Waals surface area contributed by atoms with E-state index in [0.717, 1.165) is 0 Å². The van der Waals surface area contributed by atoms with Gasteiger partial charge in [-0.3, -0.25) is 10.1 Å². The van der Waals surface area contributed by atoms with Gasteiger partial charge in [-0.15, -0.1) is 0 Å². The average molecular weight is 157 g/mol. The largest absolute Gasteiger partial charge is 0.466 e. The van der Waals surface area contributed by atoms with Crippen LogP contribution in [-0.2, 0) is 13.2 Å². The van der Waals surface area contributed by atoms with Gasteiger partial charge >= 0.3 is 0 Å². The normalized spacial score (nSPS) is 9.91. The molecule has 1 rings (SSSR count). The third kappa shape index (κ3) is 1.78. The fourth-order valence-corrected chi connectivity index (χ4v) is 0.786. The van der Waals surface area contributed by atoms with Crippen LogP contribution in [0, 0.1) is 10.1 Å². The summed E-state index contributed by atoms with van der Waals surface area (Å²) in [6.45, 7) is -0.595. The summed E-state index contributed by atoms with van der Waals surface area (Å²) in [5.41, 5.74) is 0.428. The Hall–Kier alpha value is -1.36. The Morgan fingerprint density at radius 1 is 1.73 bits per heavy atom. The fraction of sp³-hybridized carbons (Fsp3) is 0.333. The first-order valence-corrected chi connectivity index (χ1v) is 3.02. The summed E-state index contributed by atoms with van der Waals surface area (Å²) in [7, 11) is 0. The van der Waals surface area contributed by atoms with Crippen LogP contribution >= 0.6 is 0 Å². The molecule has 0 aliphatic rings. The Morgan fingerprint density at radius 3 is 3.00 bits per heavy atom. The van der Waals surface area contributed by atoms with E-state index in [4.69, 9.17) is 9.52 Å². The van der Waals surface area contributed by atoms with Gasteiger partial charge in [0.05, 0.1) is 11.8 Å². The Kier molecular flexibility index (Phi) is 2.22. The zero-order valence-electron chi connectivity index (χ0n) is 5.69. The summed E-state index contributed by atoms with van der Waals surface area (Å²) in [5, 5.41) is 18.6. The lowest BCUT2D eigenvalue weighted by Gasteiger charge is -1.91. The van der Waals surface area contributed by atoms with Crippen LogP contribution in [0.1, 0.15) is 11.3 Å². The molecular formula is C6H7NO4. The van der Waals surface area contributed by atoms with Gasteiger partial charge in [0, 0.05) is 4.92 Å². The molecule has 0 saturated heterocycles. The van der Waals surface area contributed by atoms with Gasteiger partial charge in [0.1, 0.15) is 12.4 Å². The molecule has 0 fully saturated rings. The van der Waals surface area contributed by atoms with E-state index < -0.39 is 4.92 Å². The molecule has 1 aromatic rings. The number of nitrogens with zero attached hydrogens (tertiary/aromatic N) is 1. The highest BCUT2D eigenvalue weighted by Crippen LogP contribution is 2.10. The molecule has 0 aromatic carbocycles. The second kappa shape index (κ2) is 3.16. The smallest absolute Gasteiger partial charge is 0.232 e. The summed E-state index contributed by atoms with van der Waals surface area (Å²) in [6, 6.07) is 1.48. The standard InChI is InChI=1S/C6H7NO4/c8-4-6-5(1-2-11-6)3-7(9)10/h1-2,8H,3-4H2. The molecule has 0 spiro atoms. The van der Waals surface area contributed by atoms with Crippen molar-refractivity contribution in [2.75, 3.05) is 0 Å². The quantitative estimate of drug-likeness (QED) is 0.513. The van der Waals surface area contributed by atoms with Crippen LogP contribution in [0.2, 0.25) is 0 Å². The van der Waals surface area contributed by atoms with Crippen LogP contribution in [0.3, 0.4) is 0 Å². The van der Waals surface area contributed by atoms with Gasteiger partial charge in [0.2, 0.25) is 6.54 Å². The van der Waals surface area contributed by atoms with Gasteiger partial charge in [-0.2, -0.15) is 0 Å². The van der Waals surface area contributed by atoms with E-state index in [2.05, 4.69) is 0 Å². The highest BCUT2D eigenvalue weighted by molar-refractivity contribution is 5.14. The van der Waals surface area contributed by atoms with E-state index in [0.29, 0.717) is 5.56 Å². The van der Waals surface area contributed by atoms with Crippen molar-refractivity contribution >= 4 is 0 Å². The topological polar surface area (TPSA) is 76.5 Å². The molecule has 0 saturated carbocycles. The maximum Gasteiger partial charge on any atom is 0.232 e. The zero-order chi connectivity index (χ0) is 8.27. The predicted molar refractivity (Wildman–Crippen MR) is 35.3 cm³/mol. The number of rotatable bonds is 3. The summed E-state index contributed by atoms with van der Waals surface area (Å²) in [5.74, 6) is 0.265. The minimum absolute atomic E-state index is 0.265. The van der Waals surface area contributed by atoms with Crippen molar-refractivity contribution in [1.82, 2.24) is 0 Å². The summed E-state index contributed by atoms with van der Waals surface area (Å²) < 4.78 is 4.76. The molecule has 1 N–H and O–H groups in total. The van der Waals surface area contributed by atoms with Crippen molar-refractivity contribution in [3.05, 3.63) is 33.8 Å². The number of aliphatic hydroxyl groups excluding tert-OH is 1. The van der Waals surface area contributed by atoms with E-state index in [9.17, 15) is 10.1 Å². The van der Waals surface area contributed by atoms with Gasteiger partial charge in [-0.25, -0.2) is 0 Å². The van der Waals surface area contributed by atoms with Crippen LogP contribution < -0.4 is 0 Å². The molecule has 0 amide bonds. The SMILES string of the molecule is O=[N+]([O-])Cc1ccoc1CO.